The average molecular weight is 383 g/mol. The minimum atomic E-state index is 0.404. The van der Waals surface area contributed by atoms with Crippen LogP contribution in [0.3, 0.4) is 0 Å². The molecule has 29 heavy (non-hydrogen) atoms. The van der Waals surface area contributed by atoms with E-state index in [0.29, 0.717) is 24.1 Å². The number of para-hydroxylation sites is 3. The standard InChI is InChI=1S/C23H21N5O/c1-29-21-15-9-8-14-20(21)25-23-26-22(16-24-27-23)28(19-12-6-3-7-13-19)17-18-10-4-2-5-11-18/h2-16H,17H2,1H3,(H,25,26,27). The third-order valence-electron chi connectivity index (χ3n) is 4.43. The molecule has 6 nitrogen and oxygen atoms in total. The van der Waals surface area contributed by atoms with Crippen LogP contribution in [0.4, 0.5) is 23.1 Å². The molecule has 0 atom stereocenters. The van der Waals surface area contributed by atoms with E-state index >= 15 is 0 Å². The molecule has 0 amide bonds. The highest BCUT2D eigenvalue weighted by Crippen LogP contribution is 2.28. The molecule has 0 saturated carbocycles. The zero-order valence-corrected chi connectivity index (χ0v) is 16.1. The second kappa shape index (κ2) is 8.84. The summed E-state index contributed by atoms with van der Waals surface area (Å²) < 4.78 is 5.39. The maximum absolute atomic E-state index is 5.39. The summed E-state index contributed by atoms with van der Waals surface area (Å²) in [7, 11) is 1.63. The number of methoxy groups -OCH3 is 1. The highest BCUT2D eigenvalue weighted by molar-refractivity contribution is 5.64. The first-order valence-electron chi connectivity index (χ1n) is 9.30. The summed E-state index contributed by atoms with van der Waals surface area (Å²) in [5, 5.41) is 11.5. The van der Waals surface area contributed by atoms with Crippen LogP contribution in [0.1, 0.15) is 5.56 Å². The molecule has 1 aromatic heterocycles. The van der Waals surface area contributed by atoms with Crippen molar-refractivity contribution in [2.75, 3.05) is 17.3 Å². The predicted molar refractivity (Wildman–Crippen MR) is 115 cm³/mol. The topological polar surface area (TPSA) is 63.2 Å². The molecule has 0 unspecified atom stereocenters. The molecule has 144 valence electrons. The van der Waals surface area contributed by atoms with Gasteiger partial charge in [-0.1, -0.05) is 60.7 Å². The van der Waals surface area contributed by atoms with E-state index in [1.165, 1.54) is 5.56 Å². The number of hydrogen-bond donors (Lipinski definition) is 1. The van der Waals surface area contributed by atoms with Gasteiger partial charge in [-0.3, -0.25) is 0 Å². The monoisotopic (exact) mass is 383 g/mol. The minimum absolute atomic E-state index is 0.404. The molecule has 0 saturated heterocycles. The molecule has 0 spiro atoms. The van der Waals surface area contributed by atoms with Crippen LogP contribution in [-0.2, 0) is 6.54 Å². The Morgan fingerprint density at radius 3 is 2.31 bits per heavy atom. The molecule has 3 aromatic carbocycles. The number of nitrogens with one attached hydrogen (secondary N) is 1. The summed E-state index contributed by atoms with van der Waals surface area (Å²) in [4.78, 5) is 6.81. The van der Waals surface area contributed by atoms with Crippen LogP contribution in [0.25, 0.3) is 0 Å². The molecule has 4 aromatic rings. The maximum atomic E-state index is 5.39. The number of ether oxygens (including phenoxy) is 1. The van der Waals surface area contributed by atoms with Crippen molar-refractivity contribution < 1.29 is 4.74 Å². The third-order valence-corrected chi connectivity index (χ3v) is 4.43. The molecule has 6 heteroatoms. The smallest absolute Gasteiger partial charge is 0.249 e. The normalized spacial score (nSPS) is 10.4. The molecule has 1 heterocycles. The SMILES string of the molecule is COc1ccccc1Nc1nncc(N(Cc2ccccc2)c2ccccc2)n1. The number of anilines is 4. The second-order valence-corrected chi connectivity index (χ2v) is 6.37. The van der Waals surface area contributed by atoms with Gasteiger partial charge in [0.15, 0.2) is 5.82 Å². The zero-order chi connectivity index (χ0) is 19.9. The Morgan fingerprint density at radius 2 is 1.55 bits per heavy atom. The first kappa shape index (κ1) is 18.4. The summed E-state index contributed by atoms with van der Waals surface area (Å²) in [6.45, 7) is 0.664. The van der Waals surface area contributed by atoms with Crippen LogP contribution >= 0.6 is 0 Å². The molecule has 0 aliphatic rings. The Balaban J connectivity index is 1.67. The number of benzene rings is 3. The number of hydrogen-bond acceptors (Lipinski definition) is 6. The quantitative estimate of drug-likeness (QED) is 0.486. The number of nitrogens with zero attached hydrogens (tertiary/aromatic N) is 4. The van der Waals surface area contributed by atoms with Gasteiger partial charge >= 0.3 is 0 Å². The zero-order valence-electron chi connectivity index (χ0n) is 16.1. The Hall–Kier alpha value is -3.93. The van der Waals surface area contributed by atoms with E-state index in [4.69, 9.17) is 9.72 Å². The van der Waals surface area contributed by atoms with Gasteiger partial charge in [0.05, 0.1) is 19.0 Å². The van der Waals surface area contributed by atoms with E-state index in [0.717, 1.165) is 11.4 Å². The Labute approximate surface area is 169 Å². The first-order chi connectivity index (χ1) is 14.3. The minimum Gasteiger partial charge on any atom is -0.495 e. The summed E-state index contributed by atoms with van der Waals surface area (Å²) >= 11 is 0. The molecule has 0 aliphatic carbocycles. The molecule has 0 bridgehead atoms. The Bertz CT molecular complexity index is 1060. The van der Waals surface area contributed by atoms with Crippen molar-refractivity contribution in [3.8, 4) is 5.75 Å². The van der Waals surface area contributed by atoms with Gasteiger partial charge in [-0.25, -0.2) is 0 Å². The highest BCUT2D eigenvalue weighted by atomic mass is 16.5. The first-order valence-corrected chi connectivity index (χ1v) is 9.30. The van der Waals surface area contributed by atoms with E-state index in [9.17, 15) is 0 Å². The van der Waals surface area contributed by atoms with E-state index in [1.54, 1.807) is 13.3 Å². The lowest BCUT2D eigenvalue weighted by atomic mass is 10.2. The van der Waals surface area contributed by atoms with Gasteiger partial charge in [0.25, 0.3) is 0 Å². The summed E-state index contributed by atoms with van der Waals surface area (Å²) in [6, 6.07) is 28.0. The van der Waals surface area contributed by atoms with E-state index in [1.807, 2.05) is 60.7 Å². The van der Waals surface area contributed by atoms with Crippen molar-refractivity contribution in [1.82, 2.24) is 15.2 Å². The van der Waals surface area contributed by atoms with Crippen molar-refractivity contribution in [3.05, 3.63) is 96.7 Å². The summed E-state index contributed by atoms with van der Waals surface area (Å²) in [5.74, 6) is 1.82. The average Bonchev–Trinajstić information content (AvgIpc) is 2.79. The third kappa shape index (κ3) is 4.50. The van der Waals surface area contributed by atoms with Crippen molar-refractivity contribution in [3.63, 3.8) is 0 Å². The van der Waals surface area contributed by atoms with Crippen molar-refractivity contribution in [2.45, 2.75) is 6.54 Å². The molecule has 0 fully saturated rings. The van der Waals surface area contributed by atoms with Gasteiger partial charge in [0, 0.05) is 12.2 Å². The van der Waals surface area contributed by atoms with E-state index in [-0.39, 0.29) is 0 Å². The van der Waals surface area contributed by atoms with Gasteiger partial charge in [-0.2, -0.15) is 10.1 Å². The van der Waals surface area contributed by atoms with Crippen LogP contribution in [0, 0.1) is 0 Å². The van der Waals surface area contributed by atoms with E-state index < -0.39 is 0 Å². The van der Waals surface area contributed by atoms with Gasteiger partial charge in [-0.05, 0) is 29.8 Å². The van der Waals surface area contributed by atoms with Gasteiger partial charge < -0.3 is 15.0 Å². The fourth-order valence-electron chi connectivity index (χ4n) is 3.02. The van der Waals surface area contributed by atoms with Crippen molar-refractivity contribution in [1.29, 1.82) is 0 Å². The van der Waals surface area contributed by atoms with Crippen molar-refractivity contribution >= 4 is 23.1 Å². The van der Waals surface area contributed by atoms with E-state index in [2.05, 4.69) is 44.7 Å². The molecular formula is C23H21N5O. The summed E-state index contributed by atoms with van der Waals surface area (Å²) in [6.07, 6.45) is 1.67. The highest BCUT2D eigenvalue weighted by Gasteiger charge is 2.14. The molecule has 0 radical (unpaired) electrons. The van der Waals surface area contributed by atoms with Gasteiger partial charge in [0.2, 0.25) is 5.95 Å². The van der Waals surface area contributed by atoms with Crippen LogP contribution in [0.2, 0.25) is 0 Å². The van der Waals surface area contributed by atoms with Crippen LogP contribution in [-0.4, -0.2) is 22.3 Å². The maximum Gasteiger partial charge on any atom is 0.249 e. The fraction of sp³-hybridized carbons (Fsp3) is 0.0870. The second-order valence-electron chi connectivity index (χ2n) is 6.37. The lowest BCUT2D eigenvalue weighted by Crippen LogP contribution is -2.18. The predicted octanol–water partition coefficient (Wildman–Crippen LogP) is 4.96. The fourth-order valence-corrected chi connectivity index (χ4v) is 3.02. The molecule has 4 rings (SSSR count). The van der Waals surface area contributed by atoms with Crippen molar-refractivity contribution in [2.24, 2.45) is 0 Å². The number of rotatable bonds is 7. The van der Waals surface area contributed by atoms with Crippen LogP contribution in [0.15, 0.2) is 91.1 Å². The Kier molecular flexibility index (Phi) is 5.62. The lowest BCUT2D eigenvalue weighted by molar-refractivity contribution is 0.417. The molecular weight excluding hydrogens is 362 g/mol. The summed E-state index contributed by atoms with van der Waals surface area (Å²) in [5.41, 5.74) is 2.98. The molecule has 0 aliphatic heterocycles. The van der Waals surface area contributed by atoms with Crippen LogP contribution in [0.5, 0.6) is 5.75 Å². The van der Waals surface area contributed by atoms with Crippen LogP contribution < -0.4 is 15.0 Å². The van der Waals surface area contributed by atoms with Gasteiger partial charge in [-0.15, -0.1) is 5.10 Å². The largest absolute Gasteiger partial charge is 0.495 e. The van der Waals surface area contributed by atoms with Gasteiger partial charge in [0.1, 0.15) is 5.75 Å². The Morgan fingerprint density at radius 1 is 0.862 bits per heavy atom. The lowest BCUT2D eigenvalue weighted by Gasteiger charge is -2.24. The molecule has 1 N–H and O–H groups in total. The number of aromatic nitrogens is 3.